The molecule has 0 bridgehead atoms. The van der Waals surface area contributed by atoms with E-state index in [2.05, 4.69) is 5.10 Å². The first-order valence-electron chi connectivity index (χ1n) is 6.08. The Hall–Kier alpha value is -1.39. The lowest BCUT2D eigenvalue weighted by Crippen LogP contribution is -2.18. The summed E-state index contributed by atoms with van der Waals surface area (Å²) in [5, 5.41) is 4.76. The van der Waals surface area contributed by atoms with Crippen LogP contribution in [0.4, 0.5) is 4.39 Å². The summed E-state index contributed by atoms with van der Waals surface area (Å²) in [5.74, 6) is -0.262. The maximum absolute atomic E-state index is 13.7. The largest absolute Gasteiger partial charge is 0.298 e. The number of aromatic nitrogens is 2. The van der Waals surface area contributed by atoms with Gasteiger partial charge in [0.2, 0.25) is 0 Å². The van der Waals surface area contributed by atoms with E-state index in [1.807, 2.05) is 32.1 Å². The van der Waals surface area contributed by atoms with Crippen LogP contribution in [0.2, 0.25) is 5.02 Å². The van der Waals surface area contributed by atoms with Crippen LogP contribution >= 0.6 is 11.6 Å². The Balaban J connectivity index is 2.09. The Morgan fingerprint density at radius 2 is 2.11 bits per heavy atom. The quantitative estimate of drug-likeness (QED) is 0.858. The van der Waals surface area contributed by atoms with Crippen LogP contribution in [0.15, 0.2) is 24.4 Å². The van der Waals surface area contributed by atoms with Crippen molar-refractivity contribution in [1.29, 1.82) is 0 Å². The van der Waals surface area contributed by atoms with Crippen molar-refractivity contribution in [3.05, 3.63) is 52.1 Å². The SMILES string of the molecule is Cc1nn(C)cc1CN(C)Cc1c(F)cccc1Cl. The van der Waals surface area contributed by atoms with Crippen molar-refractivity contribution in [2.45, 2.75) is 20.0 Å². The summed E-state index contributed by atoms with van der Waals surface area (Å²) in [6.07, 6.45) is 1.98. The normalized spacial score (nSPS) is 11.3. The van der Waals surface area contributed by atoms with Gasteiger partial charge in [-0.3, -0.25) is 9.58 Å². The van der Waals surface area contributed by atoms with Gasteiger partial charge in [-0.2, -0.15) is 5.10 Å². The number of halogens is 2. The van der Waals surface area contributed by atoms with Gasteiger partial charge in [-0.25, -0.2) is 4.39 Å². The number of benzene rings is 1. The van der Waals surface area contributed by atoms with E-state index in [0.717, 1.165) is 11.3 Å². The maximum atomic E-state index is 13.7. The van der Waals surface area contributed by atoms with E-state index in [-0.39, 0.29) is 5.82 Å². The average Bonchev–Trinajstić information content (AvgIpc) is 2.63. The van der Waals surface area contributed by atoms with Crippen LogP contribution in [0.25, 0.3) is 0 Å². The predicted octanol–water partition coefficient (Wildman–Crippen LogP) is 3.15. The van der Waals surface area contributed by atoms with E-state index >= 15 is 0 Å². The topological polar surface area (TPSA) is 21.1 Å². The molecule has 3 nitrogen and oxygen atoms in total. The zero-order chi connectivity index (χ0) is 14.0. The van der Waals surface area contributed by atoms with Gasteiger partial charge in [-0.1, -0.05) is 17.7 Å². The molecule has 1 aromatic heterocycles. The summed E-state index contributed by atoms with van der Waals surface area (Å²) in [6.45, 7) is 3.16. The fourth-order valence-electron chi connectivity index (χ4n) is 2.10. The zero-order valence-electron chi connectivity index (χ0n) is 11.3. The third kappa shape index (κ3) is 3.33. The molecular weight excluding hydrogens is 265 g/mol. The van der Waals surface area contributed by atoms with Gasteiger partial charge in [0.05, 0.1) is 5.69 Å². The van der Waals surface area contributed by atoms with Crippen LogP contribution in [0.1, 0.15) is 16.8 Å². The molecule has 0 saturated heterocycles. The van der Waals surface area contributed by atoms with E-state index < -0.39 is 0 Å². The molecular formula is C14H17ClFN3. The van der Waals surface area contributed by atoms with Gasteiger partial charge in [0.15, 0.2) is 0 Å². The van der Waals surface area contributed by atoms with Crippen molar-refractivity contribution in [1.82, 2.24) is 14.7 Å². The van der Waals surface area contributed by atoms with Gasteiger partial charge in [0, 0.05) is 42.5 Å². The highest BCUT2D eigenvalue weighted by molar-refractivity contribution is 6.31. The van der Waals surface area contributed by atoms with Crippen molar-refractivity contribution < 1.29 is 4.39 Å². The number of hydrogen-bond acceptors (Lipinski definition) is 2. The highest BCUT2D eigenvalue weighted by Crippen LogP contribution is 2.21. The van der Waals surface area contributed by atoms with Crippen molar-refractivity contribution in [3.8, 4) is 0 Å². The Kier molecular flexibility index (Phi) is 4.22. The molecule has 0 radical (unpaired) electrons. The van der Waals surface area contributed by atoms with Gasteiger partial charge >= 0.3 is 0 Å². The molecule has 2 aromatic rings. The van der Waals surface area contributed by atoms with Gasteiger partial charge in [0.1, 0.15) is 5.82 Å². The first kappa shape index (κ1) is 14.0. The van der Waals surface area contributed by atoms with E-state index in [1.54, 1.807) is 16.8 Å². The first-order chi connectivity index (χ1) is 8.97. The summed E-state index contributed by atoms with van der Waals surface area (Å²) in [5.41, 5.74) is 2.67. The lowest BCUT2D eigenvalue weighted by Gasteiger charge is -2.17. The Morgan fingerprint density at radius 1 is 1.37 bits per heavy atom. The molecule has 2 rings (SSSR count). The van der Waals surface area contributed by atoms with Crippen LogP contribution in [-0.4, -0.2) is 21.7 Å². The Morgan fingerprint density at radius 3 is 2.68 bits per heavy atom. The van der Waals surface area contributed by atoms with Crippen LogP contribution in [0, 0.1) is 12.7 Å². The van der Waals surface area contributed by atoms with Crippen molar-refractivity contribution in [2.24, 2.45) is 7.05 Å². The van der Waals surface area contributed by atoms with Crippen LogP contribution < -0.4 is 0 Å². The lowest BCUT2D eigenvalue weighted by atomic mass is 10.2. The van der Waals surface area contributed by atoms with Crippen molar-refractivity contribution in [3.63, 3.8) is 0 Å². The fourth-order valence-corrected chi connectivity index (χ4v) is 2.33. The van der Waals surface area contributed by atoms with Crippen molar-refractivity contribution in [2.75, 3.05) is 7.05 Å². The molecule has 0 aliphatic carbocycles. The minimum absolute atomic E-state index is 0.262. The smallest absolute Gasteiger partial charge is 0.129 e. The highest BCUT2D eigenvalue weighted by Gasteiger charge is 2.12. The van der Waals surface area contributed by atoms with E-state index in [9.17, 15) is 4.39 Å². The van der Waals surface area contributed by atoms with E-state index in [0.29, 0.717) is 23.7 Å². The molecule has 102 valence electrons. The fraction of sp³-hybridized carbons (Fsp3) is 0.357. The summed E-state index contributed by atoms with van der Waals surface area (Å²) in [7, 11) is 3.83. The summed E-state index contributed by atoms with van der Waals surface area (Å²) < 4.78 is 15.5. The molecule has 19 heavy (non-hydrogen) atoms. The molecule has 0 saturated carbocycles. The standard InChI is InChI=1S/C14H17ClFN3/c1-10-11(8-19(3)17-10)7-18(2)9-12-13(15)5-4-6-14(12)16/h4-6,8H,7,9H2,1-3H3. The van der Waals surface area contributed by atoms with E-state index in [1.165, 1.54) is 6.07 Å². The molecule has 1 aromatic carbocycles. The molecule has 0 aliphatic heterocycles. The van der Waals surface area contributed by atoms with Crippen LogP contribution in [0.3, 0.4) is 0 Å². The molecule has 0 N–H and O–H groups in total. The number of hydrogen-bond donors (Lipinski definition) is 0. The molecule has 0 atom stereocenters. The highest BCUT2D eigenvalue weighted by atomic mass is 35.5. The third-order valence-electron chi connectivity index (χ3n) is 3.05. The molecule has 5 heteroatoms. The lowest BCUT2D eigenvalue weighted by molar-refractivity contribution is 0.313. The molecule has 1 heterocycles. The van der Waals surface area contributed by atoms with Gasteiger partial charge in [-0.05, 0) is 26.1 Å². The summed E-state index contributed by atoms with van der Waals surface area (Å²) in [4.78, 5) is 2.02. The summed E-state index contributed by atoms with van der Waals surface area (Å²) in [6, 6.07) is 4.76. The first-order valence-corrected chi connectivity index (χ1v) is 6.45. The van der Waals surface area contributed by atoms with Crippen LogP contribution in [0.5, 0.6) is 0 Å². The second-order valence-corrected chi connectivity index (χ2v) is 5.19. The molecule has 0 fully saturated rings. The predicted molar refractivity (Wildman–Crippen MR) is 74.5 cm³/mol. The average molecular weight is 282 g/mol. The number of aryl methyl sites for hydroxylation is 2. The van der Waals surface area contributed by atoms with E-state index in [4.69, 9.17) is 11.6 Å². The molecule has 0 aliphatic rings. The zero-order valence-corrected chi connectivity index (χ0v) is 12.1. The van der Waals surface area contributed by atoms with Crippen molar-refractivity contribution >= 4 is 11.6 Å². The number of nitrogens with zero attached hydrogens (tertiary/aromatic N) is 3. The Bertz CT molecular complexity index is 560. The molecule has 0 unspecified atom stereocenters. The second-order valence-electron chi connectivity index (χ2n) is 4.79. The van der Waals surface area contributed by atoms with Gasteiger partial charge in [-0.15, -0.1) is 0 Å². The van der Waals surface area contributed by atoms with Crippen LogP contribution in [-0.2, 0) is 20.1 Å². The van der Waals surface area contributed by atoms with Gasteiger partial charge in [0.25, 0.3) is 0 Å². The summed E-state index contributed by atoms with van der Waals surface area (Å²) >= 11 is 6.03. The molecule has 0 spiro atoms. The minimum Gasteiger partial charge on any atom is -0.298 e. The number of rotatable bonds is 4. The minimum atomic E-state index is -0.262. The van der Waals surface area contributed by atoms with Gasteiger partial charge < -0.3 is 0 Å². The second kappa shape index (κ2) is 5.72. The maximum Gasteiger partial charge on any atom is 0.129 e. The third-order valence-corrected chi connectivity index (χ3v) is 3.40. The monoisotopic (exact) mass is 281 g/mol. The Labute approximate surface area is 117 Å². The molecule has 0 amide bonds.